The summed E-state index contributed by atoms with van der Waals surface area (Å²) in [5.41, 5.74) is 3.87. The molecule has 1 aliphatic heterocycles. The first kappa shape index (κ1) is 15.3. The molecule has 0 radical (unpaired) electrons. The topological polar surface area (TPSA) is 77.9 Å². The molecule has 5 rings (SSSR count). The largest absolute Gasteiger partial charge is 0.474 e. The molecule has 1 fully saturated rings. The summed E-state index contributed by atoms with van der Waals surface area (Å²) in [6.07, 6.45) is 5.51. The van der Waals surface area contributed by atoms with Gasteiger partial charge in [0.1, 0.15) is 11.8 Å². The lowest BCUT2D eigenvalue weighted by Crippen LogP contribution is -2.26. The number of rotatable bonds is 3. The first-order chi connectivity index (χ1) is 12.8. The Kier molecular flexibility index (Phi) is 3.60. The van der Waals surface area contributed by atoms with Gasteiger partial charge in [-0.05, 0) is 18.2 Å². The number of nitrogens with one attached hydrogen (secondary N) is 1. The fraction of sp³-hybridized carbons (Fsp3) is 0.316. The summed E-state index contributed by atoms with van der Waals surface area (Å²) < 4.78 is 13.5. The smallest absolute Gasteiger partial charge is 0.225 e. The third-order valence-electron chi connectivity index (χ3n) is 4.91. The van der Waals surface area contributed by atoms with Crippen LogP contribution in [0.3, 0.4) is 0 Å². The van der Waals surface area contributed by atoms with Crippen LogP contribution in [0.25, 0.3) is 33.1 Å². The van der Waals surface area contributed by atoms with Gasteiger partial charge in [0.25, 0.3) is 0 Å². The number of nitrogens with zero attached hydrogens (tertiary/aromatic N) is 4. The average molecular weight is 349 g/mol. The molecular formula is C19H19N5O2. The van der Waals surface area contributed by atoms with E-state index in [2.05, 4.69) is 38.5 Å². The summed E-state index contributed by atoms with van der Waals surface area (Å²) >= 11 is 0. The van der Waals surface area contributed by atoms with Gasteiger partial charge < -0.3 is 9.47 Å². The second-order valence-electron chi connectivity index (χ2n) is 6.58. The molecule has 0 atom stereocenters. The van der Waals surface area contributed by atoms with Gasteiger partial charge in [0.05, 0.1) is 35.8 Å². The van der Waals surface area contributed by atoms with Crippen LogP contribution in [0.4, 0.5) is 0 Å². The Morgan fingerprint density at radius 1 is 1.23 bits per heavy atom. The maximum Gasteiger partial charge on any atom is 0.225 e. The van der Waals surface area contributed by atoms with E-state index in [0.717, 1.165) is 59.1 Å². The van der Waals surface area contributed by atoms with Crippen molar-refractivity contribution in [2.75, 3.05) is 13.2 Å². The highest BCUT2D eigenvalue weighted by atomic mass is 16.5. The van der Waals surface area contributed by atoms with Crippen LogP contribution in [-0.2, 0) is 11.8 Å². The Bertz CT molecular complexity index is 1080. The van der Waals surface area contributed by atoms with Crippen molar-refractivity contribution >= 4 is 21.8 Å². The van der Waals surface area contributed by atoms with Gasteiger partial charge in [-0.1, -0.05) is 6.07 Å². The number of aromatic amines is 1. The summed E-state index contributed by atoms with van der Waals surface area (Å²) in [7, 11) is 1.94. The van der Waals surface area contributed by atoms with E-state index in [0.29, 0.717) is 5.88 Å². The van der Waals surface area contributed by atoms with E-state index >= 15 is 0 Å². The van der Waals surface area contributed by atoms with Crippen molar-refractivity contribution in [2.24, 2.45) is 7.05 Å². The Morgan fingerprint density at radius 2 is 2.12 bits per heavy atom. The molecule has 1 saturated heterocycles. The minimum Gasteiger partial charge on any atom is -0.474 e. The van der Waals surface area contributed by atoms with E-state index in [9.17, 15) is 0 Å². The molecule has 0 amide bonds. The van der Waals surface area contributed by atoms with Crippen molar-refractivity contribution in [1.82, 2.24) is 25.0 Å². The average Bonchev–Trinajstić information content (AvgIpc) is 3.27. The standard InChI is InChI=1S/C19H19N5O2/c1-24-16-3-2-12(10-13(16)11-21-24)18-17-15(22-23-18)4-7-20-19(17)26-14-5-8-25-9-6-14/h2-4,7,10-11,14H,5-6,8-9H2,1H3,(H,22,23). The Labute approximate surface area is 149 Å². The molecule has 1 N–H and O–H groups in total. The van der Waals surface area contributed by atoms with Crippen LogP contribution in [0, 0.1) is 0 Å². The van der Waals surface area contributed by atoms with Crippen LogP contribution >= 0.6 is 0 Å². The quantitative estimate of drug-likeness (QED) is 0.615. The van der Waals surface area contributed by atoms with E-state index in [1.165, 1.54) is 0 Å². The maximum atomic E-state index is 6.21. The van der Waals surface area contributed by atoms with E-state index in [1.807, 2.05) is 24.0 Å². The third-order valence-corrected chi connectivity index (χ3v) is 4.91. The highest BCUT2D eigenvalue weighted by Crippen LogP contribution is 2.34. The van der Waals surface area contributed by atoms with Gasteiger partial charge in [-0.2, -0.15) is 10.2 Å². The van der Waals surface area contributed by atoms with Crippen LogP contribution in [0.1, 0.15) is 12.8 Å². The molecule has 1 aliphatic rings. The van der Waals surface area contributed by atoms with E-state index < -0.39 is 0 Å². The van der Waals surface area contributed by atoms with Crippen LogP contribution in [0.15, 0.2) is 36.7 Å². The molecule has 0 bridgehead atoms. The van der Waals surface area contributed by atoms with Gasteiger partial charge in [0.2, 0.25) is 5.88 Å². The summed E-state index contributed by atoms with van der Waals surface area (Å²) in [6.45, 7) is 1.47. The van der Waals surface area contributed by atoms with E-state index in [4.69, 9.17) is 9.47 Å². The van der Waals surface area contributed by atoms with Crippen molar-refractivity contribution in [3.05, 3.63) is 36.7 Å². The number of H-pyrrole nitrogens is 1. The molecule has 3 aromatic heterocycles. The van der Waals surface area contributed by atoms with Crippen molar-refractivity contribution in [3.63, 3.8) is 0 Å². The van der Waals surface area contributed by atoms with Crippen molar-refractivity contribution in [3.8, 4) is 17.1 Å². The summed E-state index contributed by atoms with van der Waals surface area (Å²) in [5, 5.41) is 14.0. The third kappa shape index (κ3) is 2.52. The van der Waals surface area contributed by atoms with Gasteiger partial charge in [-0.3, -0.25) is 9.78 Å². The van der Waals surface area contributed by atoms with Crippen LogP contribution in [-0.4, -0.2) is 44.3 Å². The molecule has 4 aromatic rings. The fourth-order valence-corrected chi connectivity index (χ4v) is 3.50. The highest BCUT2D eigenvalue weighted by Gasteiger charge is 2.20. The number of benzene rings is 1. The van der Waals surface area contributed by atoms with Crippen molar-refractivity contribution in [2.45, 2.75) is 18.9 Å². The van der Waals surface area contributed by atoms with Crippen molar-refractivity contribution in [1.29, 1.82) is 0 Å². The number of aryl methyl sites for hydroxylation is 1. The molecular weight excluding hydrogens is 330 g/mol. The monoisotopic (exact) mass is 349 g/mol. The first-order valence-electron chi connectivity index (χ1n) is 8.79. The molecule has 0 spiro atoms. The van der Waals surface area contributed by atoms with Gasteiger partial charge >= 0.3 is 0 Å². The van der Waals surface area contributed by atoms with Gasteiger partial charge in [0, 0.05) is 37.0 Å². The lowest BCUT2D eigenvalue weighted by Gasteiger charge is -2.23. The summed E-state index contributed by atoms with van der Waals surface area (Å²) in [6, 6.07) is 8.15. The number of hydrogen-bond donors (Lipinski definition) is 1. The number of ether oxygens (including phenoxy) is 2. The van der Waals surface area contributed by atoms with Gasteiger partial charge in [-0.15, -0.1) is 0 Å². The molecule has 7 nitrogen and oxygen atoms in total. The van der Waals surface area contributed by atoms with Gasteiger partial charge in [0.15, 0.2) is 0 Å². The zero-order valence-electron chi connectivity index (χ0n) is 14.5. The number of hydrogen-bond acceptors (Lipinski definition) is 5. The molecule has 1 aromatic carbocycles. The van der Waals surface area contributed by atoms with Crippen molar-refractivity contribution < 1.29 is 9.47 Å². The minimum atomic E-state index is 0.130. The highest BCUT2D eigenvalue weighted by molar-refractivity contribution is 5.98. The number of aromatic nitrogens is 5. The number of fused-ring (bicyclic) bond motifs is 2. The lowest BCUT2D eigenvalue weighted by molar-refractivity contribution is 0.0244. The molecule has 0 aliphatic carbocycles. The van der Waals surface area contributed by atoms with Crippen LogP contribution in [0.5, 0.6) is 5.88 Å². The second-order valence-corrected chi connectivity index (χ2v) is 6.58. The second kappa shape index (κ2) is 6.10. The summed E-state index contributed by atoms with van der Waals surface area (Å²) in [4.78, 5) is 4.49. The SMILES string of the molecule is Cn1ncc2cc(-c3n[nH]c4ccnc(OC5CCOCC5)c34)ccc21. The lowest BCUT2D eigenvalue weighted by atomic mass is 10.1. The minimum absolute atomic E-state index is 0.130. The Morgan fingerprint density at radius 3 is 3.00 bits per heavy atom. The normalized spacial score (nSPS) is 15.7. The van der Waals surface area contributed by atoms with Gasteiger partial charge in [-0.25, -0.2) is 4.98 Å². The van der Waals surface area contributed by atoms with E-state index in [1.54, 1.807) is 6.20 Å². The Hall–Kier alpha value is -2.93. The predicted octanol–water partition coefficient (Wildman–Crippen LogP) is 3.07. The molecule has 7 heteroatoms. The van der Waals surface area contributed by atoms with Crippen LogP contribution in [0.2, 0.25) is 0 Å². The Balaban J connectivity index is 1.60. The summed E-state index contributed by atoms with van der Waals surface area (Å²) in [5.74, 6) is 0.629. The first-order valence-corrected chi connectivity index (χ1v) is 8.79. The van der Waals surface area contributed by atoms with Crippen LogP contribution < -0.4 is 4.74 Å². The molecule has 132 valence electrons. The zero-order chi connectivity index (χ0) is 17.5. The predicted molar refractivity (Wildman–Crippen MR) is 98.1 cm³/mol. The fourth-order valence-electron chi connectivity index (χ4n) is 3.50. The molecule has 26 heavy (non-hydrogen) atoms. The van der Waals surface area contributed by atoms with E-state index in [-0.39, 0.29) is 6.10 Å². The number of pyridine rings is 1. The maximum absolute atomic E-state index is 6.21. The molecule has 0 unspecified atom stereocenters. The zero-order valence-corrected chi connectivity index (χ0v) is 14.5. The molecule has 0 saturated carbocycles. The molecule has 4 heterocycles.